The van der Waals surface area contributed by atoms with Gasteiger partial charge in [-0.05, 0) is 58.7 Å². The predicted octanol–water partition coefficient (Wildman–Crippen LogP) is 1.89. The van der Waals surface area contributed by atoms with Crippen LogP contribution in [-0.2, 0) is 11.2 Å². The van der Waals surface area contributed by atoms with Crippen LogP contribution in [0.1, 0.15) is 55.8 Å². The maximum atomic E-state index is 11.8. The normalized spacial score (nSPS) is 20.6. The van der Waals surface area contributed by atoms with Gasteiger partial charge in [-0.2, -0.15) is 0 Å². The molecule has 0 aromatic carbocycles. The van der Waals surface area contributed by atoms with Gasteiger partial charge in [0.05, 0.1) is 11.4 Å². The number of likely N-dealkylation sites (tertiary alicyclic amines) is 1. The van der Waals surface area contributed by atoms with Gasteiger partial charge in [-0.1, -0.05) is 0 Å². The fourth-order valence-corrected chi connectivity index (χ4v) is 3.10. The second kappa shape index (κ2) is 7.18. The van der Waals surface area contributed by atoms with Crippen LogP contribution in [0, 0.1) is 0 Å². The van der Waals surface area contributed by atoms with Gasteiger partial charge in [0, 0.05) is 30.8 Å². The molecule has 1 saturated heterocycles. The van der Waals surface area contributed by atoms with E-state index in [-0.39, 0.29) is 5.91 Å². The van der Waals surface area contributed by atoms with E-state index in [4.69, 9.17) is 0 Å². The van der Waals surface area contributed by atoms with Crippen LogP contribution in [0.2, 0.25) is 0 Å². The Labute approximate surface area is 132 Å². The van der Waals surface area contributed by atoms with Crippen molar-refractivity contribution >= 4 is 5.91 Å². The van der Waals surface area contributed by atoms with E-state index < -0.39 is 0 Å². The number of carbonyl (C=O) groups excluding carboxylic acids is 1. The SMILES string of the molecule is CN1CCC(c2cnc(CCC(=O)NC3CCC3)cn2)CC1. The molecule has 1 aliphatic carbocycles. The first-order valence-electron chi connectivity index (χ1n) is 8.49. The number of aromatic nitrogens is 2. The molecule has 0 unspecified atom stereocenters. The summed E-state index contributed by atoms with van der Waals surface area (Å²) in [6.45, 7) is 2.27. The first-order valence-corrected chi connectivity index (χ1v) is 8.49. The summed E-state index contributed by atoms with van der Waals surface area (Å²) in [6, 6.07) is 0.422. The van der Waals surface area contributed by atoms with E-state index in [2.05, 4.69) is 27.2 Å². The number of amides is 1. The molecule has 0 radical (unpaired) electrons. The Hall–Kier alpha value is -1.49. The van der Waals surface area contributed by atoms with E-state index in [1.54, 1.807) is 0 Å². The van der Waals surface area contributed by atoms with Gasteiger partial charge < -0.3 is 10.2 Å². The zero-order valence-electron chi connectivity index (χ0n) is 13.4. The molecule has 1 saturated carbocycles. The Morgan fingerprint density at radius 3 is 2.59 bits per heavy atom. The maximum Gasteiger partial charge on any atom is 0.220 e. The summed E-state index contributed by atoms with van der Waals surface area (Å²) in [5.41, 5.74) is 2.02. The highest BCUT2D eigenvalue weighted by atomic mass is 16.1. The Bertz CT molecular complexity index is 490. The smallest absolute Gasteiger partial charge is 0.220 e. The molecule has 1 aromatic rings. The summed E-state index contributed by atoms with van der Waals surface area (Å²) in [6.07, 6.45) is 10.8. The number of hydrogen-bond donors (Lipinski definition) is 1. The molecule has 0 atom stereocenters. The van der Waals surface area contributed by atoms with Crippen LogP contribution >= 0.6 is 0 Å². The Morgan fingerprint density at radius 2 is 2.00 bits per heavy atom. The summed E-state index contributed by atoms with van der Waals surface area (Å²) < 4.78 is 0. The van der Waals surface area contributed by atoms with Crippen LogP contribution in [0.3, 0.4) is 0 Å². The van der Waals surface area contributed by atoms with Gasteiger partial charge in [0.2, 0.25) is 5.91 Å². The van der Waals surface area contributed by atoms with Gasteiger partial charge in [-0.15, -0.1) is 0 Å². The topological polar surface area (TPSA) is 58.1 Å². The predicted molar refractivity (Wildman–Crippen MR) is 85.6 cm³/mol. The Morgan fingerprint density at radius 1 is 1.23 bits per heavy atom. The van der Waals surface area contributed by atoms with Crippen LogP contribution in [-0.4, -0.2) is 47.0 Å². The number of nitrogens with zero attached hydrogens (tertiary/aromatic N) is 3. The van der Waals surface area contributed by atoms with Gasteiger partial charge >= 0.3 is 0 Å². The number of aryl methyl sites for hydroxylation is 1. The van der Waals surface area contributed by atoms with Crippen molar-refractivity contribution in [3.05, 3.63) is 23.8 Å². The molecular formula is C17H26N4O. The van der Waals surface area contributed by atoms with Gasteiger partial charge in [0.15, 0.2) is 0 Å². The highest BCUT2D eigenvalue weighted by molar-refractivity contribution is 5.76. The molecule has 1 N–H and O–H groups in total. The number of rotatable bonds is 5. The minimum Gasteiger partial charge on any atom is -0.353 e. The third-order valence-corrected chi connectivity index (χ3v) is 4.94. The minimum absolute atomic E-state index is 0.144. The second-order valence-corrected chi connectivity index (χ2v) is 6.71. The molecule has 2 fully saturated rings. The molecule has 5 nitrogen and oxygen atoms in total. The average molecular weight is 302 g/mol. The Kier molecular flexibility index (Phi) is 5.03. The lowest BCUT2D eigenvalue weighted by Gasteiger charge is -2.28. The van der Waals surface area contributed by atoms with Crippen molar-refractivity contribution in [2.45, 2.75) is 56.9 Å². The molecule has 1 amide bonds. The third-order valence-electron chi connectivity index (χ3n) is 4.94. The average Bonchev–Trinajstić information content (AvgIpc) is 2.50. The fourth-order valence-electron chi connectivity index (χ4n) is 3.10. The standard InChI is InChI=1S/C17H26N4O/c1-21-9-7-13(8-10-21)16-12-18-15(11-19-16)5-6-17(22)20-14-3-2-4-14/h11-14H,2-10H2,1H3,(H,20,22). The zero-order valence-corrected chi connectivity index (χ0v) is 13.4. The van der Waals surface area contributed by atoms with Crippen molar-refractivity contribution < 1.29 is 4.79 Å². The van der Waals surface area contributed by atoms with Crippen LogP contribution in [0.5, 0.6) is 0 Å². The lowest BCUT2D eigenvalue weighted by Crippen LogP contribution is -2.39. The Balaban J connectivity index is 1.45. The van der Waals surface area contributed by atoms with E-state index in [0.717, 1.165) is 50.2 Å². The molecule has 3 rings (SSSR count). The molecule has 1 aliphatic heterocycles. The fraction of sp³-hybridized carbons (Fsp3) is 0.706. The lowest BCUT2D eigenvalue weighted by molar-refractivity contribution is -0.122. The van der Waals surface area contributed by atoms with Gasteiger partial charge in [-0.25, -0.2) is 0 Å². The molecule has 0 spiro atoms. The lowest BCUT2D eigenvalue weighted by atomic mass is 9.93. The van der Waals surface area contributed by atoms with Crippen LogP contribution in [0.4, 0.5) is 0 Å². The van der Waals surface area contributed by atoms with Crippen molar-refractivity contribution in [2.24, 2.45) is 0 Å². The highest BCUT2D eigenvalue weighted by Gasteiger charge is 2.20. The van der Waals surface area contributed by atoms with Crippen molar-refractivity contribution in [1.82, 2.24) is 20.2 Å². The maximum absolute atomic E-state index is 11.8. The monoisotopic (exact) mass is 302 g/mol. The zero-order chi connectivity index (χ0) is 15.4. The van der Waals surface area contributed by atoms with Crippen molar-refractivity contribution in [1.29, 1.82) is 0 Å². The molecule has 2 aliphatic rings. The van der Waals surface area contributed by atoms with E-state index in [1.807, 2.05) is 12.4 Å². The molecule has 2 heterocycles. The first kappa shape index (κ1) is 15.4. The van der Waals surface area contributed by atoms with Crippen molar-refractivity contribution in [3.63, 3.8) is 0 Å². The van der Waals surface area contributed by atoms with Gasteiger partial charge in [0.25, 0.3) is 0 Å². The van der Waals surface area contributed by atoms with E-state index in [0.29, 0.717) is 24.8 Å². The van der Waals surface area contributed by atoms with E-state index >= 15 is 0 Å². The summed E-state index contributed by atoms with van der Waals surface area (Å²) in [7, 11) is 2.17. The summed E-state index contributed by atoms with van der Waals surface area (Å²) in [5.74, 6) is 0.686. The summed E-state index contributed by atoms with van der Waals surface area (Å²) in [4.78, 5) is 23.2. The van der Waals surface area contributed by atoms with Gasteiger partial charge in [0.1, 0.15) is 0 Å². The second-order valence-electron chi connectivity index (χ2n) is 6.71. The van der Waals surface area contributed by atoms with Gasteiger partial charge in [-0.3, -0.25) is 14.8 Å². The van der Waals surface area contributed by atoms with Crippen LogP contribution in [0.15, 0.2) is 12.4 Å². The summed E-state index contributed by atoms with van der Waals surface area (Å²) >= 11 is 0. The van der Waals surface area contributed by atoms with Crippen molar-refractivity contribution in [3.8, 4) is 0 Å². The molecular weight excluding hydrogens is 276 g/mol. The molecule has 22 heavy (non-hydrogen) atoms. The highest BCUT2D eigenvalue weighted by Crippen LogP contribution is 2.25. The van der Waals surface area contributed by atoms with Crippen molar-refractivity contribution in [2.75, 3.05) is 20.1 Å². The minimum atomic E-state index is 0.144. The number of piperidine rings is 1. The molecule has 1 aromatic heterocycles. The molecule has 120 valence electrons. The molecule has 0 bridgehead atoms. The van der Waals surface area contributed by atoms with Crippen LogP contribution < -0.4 is 5.32 Å². The quantitative estimate of drug-likeness (QED) is 0.902. The number of nitrogens with one attached hydrogen (secondary N) is 1. The van der Waals surface area contributed by atoms with E-state index in [1.165, 1.54) is 6.42 Å². The number of hydrogen-bond acceptors (Lipinski definition) is 4. The third kappa shape index (κ3) is 4.03. The first-order chi connectivity index (χ1) is 10.7. The van der Waals surface area contributed by atoms with E-state index in [9.17, 15) is 4.79 Å². The number of carbonyl (C=O) groups is 1. The largest absolute Gasteiger partial charge is 0.353 e. The summed E-state index contributed by atoms with van der Waals surface area (Å²) in [5, 5.41) is 3.06. The van der Waals surface area contributed by atoms with Crippen LogP contribution in [0.25, 0.3) is 0 Å². The molecule has 5 heteroatoms.